The Morgan fingerprint density at radius 1 is 1.64 bits per heavy atom. The van der Waals surface area contributed by atoms with Crippen molar-refractivity contribution in [2.75, 3.05) is 0 Å². The molecule has 4 heteroatoms. The summed E-state index contributed by atoms with van der Waals surface area (Å²) in [6.07, 6.45) is -1.27. The average Bonchev–Trinajstić information content (AvgIpc) is 2.10. The fourth-order valence-electron chi connectivity index (χ4n) is 1.77. The predicted molar refractivity (Wildman–Crippen MR) is 52.7 cm³/mol. The van der Waals surface area contributed by atoms with Gasteiger partial charge in [-0.15, -0.1) is 0 Å². The van der Waals surface area contributed by atoms with E-state index < -0.39 is 30.0 Å². The minimum Gasteiger partial charge on any atom is -0.390 e. The normalized spacial score (nSPS) is 39.4. The second kappa shape index (κ2) is 4.13. The van der Waals surface area contributed by atoms with Crippen LogP contribution in [0.25, 0.3) is 0 Å². The highest BCUT2D eigenvalue weighted by Crippen LogP contribution is 2.32. The number of rotatable bonds is 2. The zero-order chi connectivity index (χ0) is 10.9. The maximum atomic E-state index is 13.5. The van der Waals surface area contributed by atoms with E-state index >= 15 is 0 Å². The standard InChI is InChI=1S/C10H20FNO2/c1-4-7(13)9-6(12)5-8(11)10(2,3)14-9/h6-9,13H,4-5,12H2,1-3H3/t6?,7-,8+,9?/m0/s1. The lowest BCUT2D eigenvalue weighted by Gasteiger charge is -2.43. The number of hydrogen-bond acceptors (Lipinski definition) is 3. The second-order valence-corrected chi connectivity index (χ2v) is 4.53. The van der Waals surface area contributed by atoms with Gasteiger partial charge in [0.25, 0.3) is 0 Å². The van der Waals surface area contributed by atoms with Crippen molar-refractivity contribution in [3.05, 3.63) is 0 Å². The van der Waals surface area contributed by atoms with Gasteiger partial charge < -0.3 is 15.6 Å². The number of hydrogen-bond donors (Lipinski definition) is 2. The molecule has 0 amide bonds. The van der Waals surface area contributed by atoms with Crippen molar-refractivity contribution in [3.8, 4) is 0 Å². The highest BCUT2D eigenvalue weighted by atomic mass is 19.1. The largest absolute Gasteiger partial charge is 0.390 e. The van der Waals surface area contributed by atoms with Crippen LogP contribution in [-0.2, 0) is 4.74 Å². The van der Waals surface area contributed by atoms with Gasteiger partial charge in [0.2, 0.25) is 0 Å². The van der Waals surface area contributed by atoms with E-state index in [1.54, 1.807) is 13.8 Å². The smallest absolute Gasteiger partial charge is 0.130 e. The molecule has 4 atom stereocenters. The topological polar surface area (TPSA) is 55.5 Å². The molecular weight excluding hydrogens is 185 g/mol. The van der Waals surface area contributed by atoms with Crippen LogP contribution in [0.15, 0.2) is 0 Å². The van der Waals surface area contributed by atoms with Crippen LogP contribution in [0.4, 0.5) is 4.39 Å². The first-order chi connectivity index (χ1) is 6.38. The van der Waals surface area contributed by atoms with Gasteiger partial charge in [-0.1, -0.05) is 6.92 Å². The fourth-order valence-corrected chi connectivity index (χ4v) is 1.77. The van der Waals surface area contributed by atoms with Gasteiger partial charge in [-0.3, -0.25) is 0 Å². The monoisotopic (exact) mass is 205 g/mol. The predicted octanol–water partition coefficient (Wildman–Crippen LogP) is 0.990. The number of halogens is 1. The molecule has 2 unspecified atom stereocenters. The molecule has 0 saturated carbocycles. The first-order valence-corrected chi connectivity index (χ1v) is 5.14. The van der Waals surface area contributed by atoms with Gasteiger partial charge in [0.1, 0.15) is 6.17 Å². The molecule has 0 bridgehead atoms. The van der Waals surface area contributed by atoms with Crippen LogP contribution in [0.3, 0.4) is 0 Å². The third-order valence-electron chi connectivity index (χ3n) is 2.89. The zero-order valence-corrected chi connectivity index (χ0v) is 9.03. The Labute approximate surface area is 84.4 Å². The van der Waals surface area contributed by atoms with Gasteiger partial charge in [-0.05, 0) is 26.7 Å². The van der Waals surface area contributed by atoms with Gasteiger partial charge in [-0.2, -0.15) is 0 Å². The van der Waals surface area contributed by atoms with Crippen molar-refractivity contribution < 1.29 is 14.2 Å². The molecule has 84 valence electrons. The number of aliphatic hydroxyl groups is 1. The van der Waals surface area contributed by atoms with Gasteiger partial charge >= 0.3 is 0 Å². The molecule has 3 N–H and O–H groups in total. The molecule has 1 saturated heterocycles. The molecular formula is C10H20FNO2. The molecule has 0 aromatic rings. The Hall–Kier alpha value is -0.190. The molecule has 1 aliphatic heterocycles. The Kier molecular flexibility index (Phi) is 3.50. The Bertz CT molecular complexity index is 199. The van der Waals surface area contributed by atoms with Crippen molar-refractivity contribution in [1.29, 1.82) is 0 Å². The summed E-state index contributed by atoms with van der Waals surface area (Å²) in [5.74, 6) is 0. The number of nitrogens with two attached hydrogens (primary N) is 1. The van der Waals surface area contributed by atoms with E-state index in [1.165, 1.54) is 0 Å². The summed E-state index contributed by atoms with van der Waals surface area (Å²) in [7, 11) is 0. The molecule has 0 aromatic carbocycles. The summed E-state index contributed by atoms with van der Waals surface area (Å²) in [4.78, 5) is 0. The number of alkyl halides is 1. The first-order valence-electron chi connectivity index (χ1n) is 5.14. The summed E-state index contributed by atoms with van der Waals surface area (Å²) < 4.78 is 19.0. The van der Waals surface area contributed by atoms with Crippen LogP contribution >= 0.6 is 0 Å². The molecule has 1 rings (SSSR count). The Balaban J connectivity index is 2.70. The van der Waals surface area contributed by atoms with Crippen LogP contribution in [0, 0.1) is 0 Å². The minimum absolute atomic E-state index is 0.259. The van der Waals surface area contributed by atoms with Crippen molar-refractivity contribution in [2.45, 2.75) is 63.6 Å². The minimum atomic E-state index is -1.06. The van der Waals surface area contributed by atoms with E-state index in [2.05, 4.69) is 0 Å². The molecule has 0 aliphatic carbocycles. The third kappa shape index (κ3) is 2.24. The Morgan fingerprint density at radius 3 is 2.71 bits per heavy atom. The lowest BCUT2D eigenvalue weighted by Crippen LogP contribution is -2.58. The summed E-state index contributed by atoms with van der Waals surface area (Å²) >= 11 is 0. The maximum absolute atomic E-state index is 13.5. The summed E-state index contributed by atoms with van der Waals surface area (Å²) in [6.45, 7) is 5.24. The second-order valence-electron chi connectivity index (χ2n) is 4.53. The van der Waals surface area contributed by atoms with Crippen molar-refractivity contribution >= 4 is 0 Å². The van der Waals surface area contributed by atoms with Crippen LogP contribution in [0.1, 0.15) is 33.6 Å². The number of aliphatic hydroxyl groups excluding tert-OH is 1. The molecule has 3 nitrogen and oxygen atoms in total. The molecule has 1 aliphatic rings. The van der Waals surface area contributed by atoms with E-state index in [-0.39, 0.29) is 6.42 Å². The van der Waals surface area contributed by atoms with Gasteiger partial charge in [-0.25, -0.2) is 4.39 Å². The quantitative estimate of drug-likeness (QED) is 0.707. The van der Waals surface area contributed by atoms with Crippen molar-refractivity contribution in [2.24, 2.45) is 5.73 Å². The molecule has 1 heterocycles. The number of ether oxygens (including phenoxy) is 1. The fraction of sp³-hybridized carbons (Fsp3) is 1.00. The van der Waals surface area contributed by atoms with Crippen molar-refractivity contribution in [1.82, 2.24) is 0 Å². The van der Waals surface area contributed by atoms with E-state index in [0.29, 0.717) is 6.42 Å². The molecule has 0 aromatic heterocycles. The van der Waals surface area contributed by atoms with Crippen LogP contribution in [0.5, 0.6) is 0 Å². The van der Waals surface area contributed by atoms with Gasteiger partial charge in [0, 0.05) is 6.04 Å². The highest BCUT2D eigenvalue weighted by molar-refractivity contribution is 4.95. The molecule has 0 radical (unpaired) electrons. The molecule has 1 fully saturated rings. The van der Waals surface area contributed by atoms with E-state index in [9.17, 15) is 9.50 Å². The van der Waals surface area contributed by atoms with E-state index in [4.69, 9.17) is 10.5 Å². The molecule has 14 heavy (non-hydrogen) atoms. The van der Waals surface area contributed by atoms with E-state index in [0.717, 1.165) is 0 Å². The maximum Gasteiger partial charge on any atom is 0.130 e. The average molecular weight is 205 g/mol. The lowest BCUT2D eigenvalue weighted by molar-refractivity contribution is -0.186. The van der Waals surface area contributed by atoms with Crippen molar-refractivity contribution in [3.63, 3.8) is 0 Å². The lowest BCUT2D eigenvalue weighted by atomic mass is 9.87. The van der Waals surface area contributed by atoms with E-state index in [1.807, 2.05) is 6.92 Å². The summed E-state index contributed by atoms with van der Waals surface area (Å²) in [6, 6.07) is -0.409. The zero-order valence-electron chi connectivity index (χ0n) is 9.03. The highest BCUT2D eigenvalue weighted by Gasteiger charge is 2.44. The summed E-state index contributed by atoms with van der Waals surface area (Å²) in [5.41, 5.74) is 4.91. The van der Waals surface area contributed by atoms with Gasteiger partial charge in [0.15, 0.2) is 0 Å². The first kappa shape index (κ1) is 11.9. The van der Waals surface area contributed by atoms with Crippen LogP contribution in [-0.4, -0.2) is 35.1 Å². The Morgan fingerprint density at radius 2 is 2.21 bits per heavy atom. The third-order valence-corrected chi connectivity index (χ3v) is 2.89. The van der Waals surface area contributed by atoms with Crippen LogP contribution < -0.4 is 5.73 Å². The van der Waals surface area contributed by atoms with Crippen LogP contribution in [0.2, 0.25) is 0 Å². The molecule has 0 spiro atoms. The SMILES string of the molecule is CC[C@H](O)C1OC(C)(C)[C@H](F)CC1N. The van der Waals surface area contributed by atoms with Gasteiger partial charge in [0.05, 0.1) is 17.8 Å². The summed E-state index contributed by atoms with van der Waals surface area (Å²) in [5, 5.41) is 9.64.